The second kappa shape index (κ2) is 17.0. The van der Waals surface area contributed by atoms with Crippen LogP contribution in [-0.4, -0.2) is 12.2 Å². The lowest BCUT2D eigenvalue weighted by molar-refractivity contribution is -0.111. The Balaban J connectivity index is 3.17. The number of alkyl halides is 1. The fourth-order valence-corrected chi connectivity index (χ4v) is 2.84. The highest BCUT2D eigenvalue weighted by atomic mass is 35.5. The first-order valence-electron chi connectivity index (χ1n) is 8.86. The molecule has 0 fully saturated rings. The minimum Gasteiger partial charge on any atom is -0.303 e. The quantitative estimate of drug-likeness (QED) is 0.180. The molecule has 20 heavy (non-hydrogen) atoms. The van der Waals surface area contributed by atoms with Gasteiger partial charge in [-0.3, -0.25) is 0 Å². The van der Waals surface area contributed by atoms with E-state index in [0.717, 1.165) is 25.5 Å². The summed E-state index contributed by atoms with van der Waals surface area (Å²) in [4.78, 5) is 10.9. The standard InChI is InChI=1S/C18H35ClO/c1-2-3-4-5-6-7-8-9-10-11-12-14-18(17-20)15-13-16-19/h17-18H,2-16H2,1H3. The number of carbonyl (C=O) groups is 1. The second-order valence-corrected chi connectivity index (χ2v) is 6.43. The average Bonchev–Trinajstić information content (AvgIpc) is 2.48. The SMILES string of the molecule is CCCCCCCCCCCCCC(C=O)CCCCl. The van der Waals surface area contributed by atoms with Gasteiger partial charge in [-0.1, -0.05) is 77.6 Å². The fraction of sp³-hybridized carbons (Fsp3) is 0.944. The van der Waals surface area contributed by atoms with Crippen molar-refractivity contribution >= 4 is 17.9 Å². The third-order valence-corrected chi connectivity index (χ3v) is 4.35. The molecule has 0 aromatic heterocycles. The van der Waals surface area contributed by atoms with Crippen LogP contribution in [0.3, 0.4) is 0 Å². The van der Waals surface area contributed by atoms with Gasteiger partial charge in [0.25, 0.3) is 0 Å². The normalized spacial score (nSPS) is 12.5. The van der Waals surface area contributed by atoms with Crippen molar-refractivity contribution in [3.63, 3.8) is 0 Å². The van der Waals surface area contributed by atoms with Crippen LogP contribution >= 0.6 is 11.6 Å². The van der Waals surface area contributed by atoms with Gasteiger partial charge < -0.3 is 4.79 Å². The highest BCUT2D eigenvalue weighted by Crippen LogP contribution is 2.16. The maximum atomic E-state index is 10.9. The monoisotopic (exact) mass is 302 g/mol. The summed E-state index contributed by atoms with van der Waals surface area (Å²) in [7, 11) is 0. The van der Waals surface area contributed by atoms with Crippen molar-refractivity contribution in [2.24, 2.45) is 5.92 Å². The summed E-state index contributed by atoms with van der Waals surface area (Å²) >= 11 is 5.66. The summed E-state index contributed by atoms with van der Waals surface area (Å²) in [5, 5.41) is 0. The summed E-state index contributed by atoms with van der Waals surface area (Å²) in [6, 6.07) is 0. The molecule has 0 saturated carbocycles. The number of unbranched alkanes of at least 4 members (excludes halogenated alkanes) is 10. The summed E-state index contributed by atoms with van der Waals surface area (Å²) < 4.78 is 0. The summed E-state index contributed by atoms with van der Waals surface area (Å²) in [5.41, 5.74) is 0. The van der Waals surface area contributed by atoms with Gasteiger partial charge >= 0.3 is 0 Å². The zero-order valence-corrected chi connectivity index (χ0v) is 14.3. The smallest absolute Gasteiger partial charge is 0.123 e. The van der Waals surface area contributed by atoms with Crippen molar-refractivity contribution < 1.29 is 4.79 Å². The van der Waals surface area contributed by atoms with Crippen LogP contribution in [0.2, 0.25) is 0 Å². The van der Waals surface area contributed by atoms with E-state index in [1.54, 1.807) is 0 Å². The van der Waals surface area contributed by atoms with Gasteiger partial charge in [0.05, 0.1) is 0 Å². The van der Waals surface area contributed by atoms with Crippen LogP contribution in [0.15, 0.2) is 0 Å². The van der Waals surface area contributed by atoms with Gasteiger partial charge in [0, 0.05) is 11.8 Å². The Kier molecular flexibility index (Phi) is 17.0. The third-order valence-electron chi connectivity index (χ3n) is 4.08. The number of hydrogen-bond acceptors (Lipinski definition) is 1. The van der Waals surface area contributed by atoms with Crippen LogP contribution in [0, 0.1) is 5.92 Å². The van der Waals surface area contributed by atoms with Crippen molar-refractivity contribution in [2.45, 2.75) is 96.8 Å². The van der Waals surface area contributed by atoms with E-state index < -0.39 is 0 Å². The van der Waals surface area contributed by atoms with E-state index in [1.807, 2.05) is 0 Å². The topological polar surface area (TPSA) is 17.1 Å². The van der Waals surface area contributed by atoms with E-state index in [4.69, 9.17) is 11.6 Å². The molecule has 1 unspecified atom stereocenters. The van der Waals surface area contributed by atoms with Gasteiger partial charge in [0.1, 0.15) is 6.29 Å². The Morgan fingerprint density at radius 1 is 0.750 bits per heavy atom. The molecule has 0 saturated heterocycles. The molecular weight excluding hydrogens is 268 g/mol. The van der Waals surface area contributed by atoms with Gasteiger partial charge in [0.2, 0.25) is 0 Å². The van der Waals surface area contributed by atoms with E-state index in [9.17, 15) is 4.79 Å². The molecule has 0 aromatic rings. The molecule has 120 valence electrons. The highest BCUT2D eigenvalue weighted by molar-refractivity contribution is 6.17. The van der Waals surface area contributed by atoms with Crippen molar-refractivity contribution in [2.75, 3.05) is 5.88 Å². The Labute approximate surface area is 131 Å². The van der Waals surface area contributed by atoms with Gasteiger partial charge in [-0.15, -0.1) is 11.6 Å². The molecule has 0 radical (unpaired) electrons. The summed E-state index contributed by atoms with van der Waals surface area (Å²) in [6.07, 6.45) is 19.2. The van der Waals surface area contributed by atoms with Crippen molar-refractivity contribution in [1.82, 2.24) is 0 Å². The maximum absolute atomic E-state index is 10.9. The third kappa shape index (κ3) is 14.4. The number of aldehydes is 1. The highest BCUT2D eigenvalue weighted by Gasteiger charge is 2.06. The van der Waals surface area contributed by atoms with E-state index in [2.05, 4.69) is 6.92 Å². The predicted molar refractivity (Wildman–Crippen MR) is 90.6 cm³/mol. The minimum absolute atomic E-state index is 0.257. The van der Waals surface area contributed by atoms with Gasteiger partial charge in [0.15, 0.2) is 0 Å². The Hall–Kier alpha value is -0.0400. The minimum atomic E-state index is 0.257. The molecule has 0 aliphatic rings. The van der Waals surface area contributed by atoms with E-state index in [1.165, 1.54) is 70.6 Å². The molecule has 1 atom stereocenters. The lowest BCUT2D eigenvalue weighted by Gasteiger charge is -2.08. The molecule has 0 heterocycles. The molecule has 0 aromatic carbocycles. The molecule has 0 aliphatic heterocycles. The molecule has 1 nitrogen and oxygen atoms in total. The van der Waals surface area contributed by atoms with Gasteiger partial charge in [-0.2, -0.15) is 0 Å². The summed E-state index contributed by atoms with van der Waals surface area (Å²) in [5.74, 6) is 0.940. The Morgan fingerprint density at radius 3 is 1.65 bits per heavy atom. The number of carbonyl (C=O) groups excluding carboxylic acids is 1. The average molecular weight is 303 g/mol. The van der Waals surface area contributed by atoms with E-state index >= 15 is 0 Å². The van der Waals surface area contributed by atoms with Crippen LogP contribution in [-0.2, 0) is 4.79 Å². The maximum Gasteiger partial charge on any atom is 0.123 e. The predicted octanol–water partition coefficient (Wildman–Crippen LogP) is 6.52. The Bertz CT molecular complexity index is 194. The van der Waals surface area contributed by atoms with Crippen LogP contribution in [0.5, 0.6) is 0 Å². The van der Waals surface area contributed by atoms with Gasteiger partial charge in [-0.05, 0) is 19.3 Å². The number of halogens is 1. The largest absolute Gasteiger partial charge is 0.303 e. The molecule has 0 aliphatic carbocycles. The first-order chi connectivity index (χ1) is 9.85. The molecule has 0 amide bonds. The van der Waals surface area contributed by atoms with E-state index in [-0.39, 0.29) is 5.92 Å². The van der Waals surface area contributed by atoms with Crippen LogP contribution in [0.4, 0.5) is 0 Å². The number of rotatable bonds is 16. The van der Waals surface area contributed by atoms with E-state index in [0.29, 0.717) is 5.88 Å². The molecule has 0 N–H and O–H groups in total. The Morgan fingerprint density at radius 2 is 1.20 bits per heavy atom. The lowest BCUT2D eigenvalue weighted by Crippen LogP contribution is -2.02. The number of hydrogen-bond donors (Lipinski definition) is 0. The molecule has 0 spiro atoms. The molecule has 2 heteroatoms. The first-order valence-corrected chi connectivity index (χ1v) is 9.39. The lowest BCUT2D eigenvalue weighted by atomic mass is 9.97. The molecule has 0 rings (SSSR count). The van der Waals surface area contributed by atoms with Crippen molar-refractivity contribution in [3.05, 3.63) is 0 Å². The van der Waals surface area contributed by atoms with Crippen molar-refractivity contribution in [1.29, 1.82) is 0 Å². The molecule has 0 bridgehead atoms. The van der Waals surface area contributed by atoms with Crippen LogP contribution in [0.25, 0.3) is 0 Å². The van der Waals surface area contributed by atoms with Crippen LogP contribution in [0.1, 0.15) is 96.8 Å². The van der Waals surface area contributed by atoms with Crippen LogP contribution < -0.4 is 0 Å². The zero-order chi connectivity index (χ0) is 14.9. The van der Waals surface area contributed by atoms with Crippen molar-refractivity contribution in [3.8, 4) is 0 Å². The zero-order valence-electron chi connectivity index (χ0n) is 13.5. The fourth-order valence-electron chi connectivity index (χ4n) is 2.69. The summed E-state index contributed by atoms with van der Waals surface area (Å²) in [6.45, 7) is 2.27. The molecular formula is C18H35ClO. The first kappa shape index (κ1) is 20.0. The van der Waals surface area contributed by atoms with Gasteiger partial charge in [-0.25, -0.2) is 0 Å². The second-order valence-electron chi connectivity index (χ2n) is 6.05.